The maximum absolute atomic E-state index is 12.5. The molecule has 0 radical (unpaired) electrons. The van der Waals surface area contributed by atoms with Crippen molar-refractivity contribution >= 4 is 23.3 Å². The van der Waals surface area contributed by atoms with Crippen molar-refractivity contribution in [3.8, 4) is 0 Å². The number of rotatable bonds is 2. The van der Waals surface area contributed by atoms with Crippen LogP contribution < -0.4 is 16.0 Å². The summed E-state index contributed by atoms with van der Waals surface area (Å²) >= 11 is 0. The van der Waals surface area contributed by atoms with Crippen LogP contribution in [0.5, 0.6) is 0 Å². The Morgan fingerprint density at radius 2 is 2.09 bits per heavy atom. The van der Waals surface area contributed by atoms with E-state index in [2.05, 4.69) is 20.9 Å². The molecule has 6 nitrogen and oxygen atoms in total. The van der Waals surface area contributed by atoms with Gasteiger partial charge in [0.25, 0.3) is 5.91 Å². The molecule has 2 amide bonds. The number of carbonyl (C=O) groups is 2. The molecule has 2 aliphatic heterocycles. The van der Waals surface area contributed by atoms with Gasteiger partial charge < -0.3 is 16.0 Å². The summed E-state index contributed by atoms with van der Waals surface area (Å²) in [5.74, 6) is 0.200. The Balaban J connectivity index is 1.61. The van der Waals surface area contributed by atoms with Crippen LogP contribution in [0.3, 0.4) is 0 Å². The largest absolute Gasteiger partial charge is 0.326 e. The highest BCUT2D eigenvalue weighted by Gasteiger charge is 2.24. The summed E-state index contributed by atoms with van der Waals surface area (Å²) in [5, 5.41) is 8.78. The molecule has 1 aromatic carbocycles. The summed E-state index contributed by atoms with van der Waals surface area (Å²) in [6, 6.07) is 9.06. The summed E-state index contributed by atoms with van der Waals surface area (Å²) in [5.41, 5.74) is 4.09. The van der Waals surface area contributed by atoms with Crippen LogP contribution in [0, 0.1) is 0 Å². The molecule has 1 aromatic heterocycles. The van der Waals surface area contributed by atoms with Gasteiger partial charge in [0.15, 0.2) is 0 Å². The molecule has 0 saturated heterocycles. The lowest BCUT2D eigenvalue weighted by molar-refractivity contribution is -0.115. The zero-order chi connectivity index (χ0) is 15.1. The van der Waals surface area contributed by atoms with Crippen LogP contribution in [0.25, 0.3) is 0 Å². The van der Waals surface area contributed by atoms with Gasteiger partial charge in [-0.25, -0.2) is 4.98 Å². The Labute approximate surface area is 126 Å². The fourth-order valence-electron chi connectivity index (χ4n) is 2.88. The molecule has 4 rings (SSSR count). The molecule has 3 heterocycles. The molecule has 0 unspecified atom stereocenters. The van der Waals surface area contributed by atoms with Crippen LogP contribution in [0.1, 0.15) is 27.2 Å². The molecular weight excluding hydrogens is 280 g/mol. The maximum atomic E-state index is 12.5. The number of amides is 2. The topological polar surface area (TPSA) is 83.1 Å². The molecule has 0 fully saturated rings. The Kier molecular flexibility index (Phi) is 2.90. The molecule has 0 atom stereocenters. The predicted octanol–water partition coefficient (Wildman–Crippen LogP) is 1.43. The summed E-state index contributed by atoms with van der Waals surface area (Å²) in [7, 11) is 0. The third-order valence-corrected chi connectivity index (χ3v) is 3.95. The van der Waals surface area contributed by atoms with Gasteiger partial charge in [0.2, 0.25) is 5.91 Å². The molecule has 6 heteroatoms. The van der Waals surface area contributed by atoms with Crippen molar-refractivity contribution in [1.82, 2.24) is 10.3 Å². The summed E-state index contributed by atoms with van der Waals surface area (Å²) < 4.78 is 0. The van der Waals surface area contributed by atoms with Gasteiger partial charge in [0.05, 0.1) is 12.1 Å². The molecule has 0 bridgehead atoms. The van der Waals surface area contributed by atoms with Crippen LogP contribution in [0.2, 0.25) is 0 Å². The average Bonchev–Trinajstić information content (AvgIpc) is 3.10. The van der Waals surface area contributed by atoms with Crippen molar-refractivity contribution in [2.24, 2.45) is 0 Å². The highest BCUT2D eigenvalue weighted by molar-refractivity contribution is 6.10. The molecule has 3 N–H and O–H groups in total. The third-order valence-electron chi connectivity index (χ3n) is 3.95. The Hall–Kier alpha value is -2.73. The molecular formula is C16H14N4O2. The van der Waals surface area contributed by atoms with Gasteiger partial charge in [-0.05, 0) is 29.3 Å². The molecule has 2 aliphatic rings. The van der Waals surface area contributed by atoms with E-state index in [1.165, 1.54) is 0 Å². The predicted molar refractivity (Wildman–Crippen MR) is 81.5 cm³/mol. The number of carbonyl (C=O) groups excluding carboxylic acids is 2. The van der Waals surface area contributed by atoms with Gasteiger partial charge >= 0.3 is 0 Å². The number of pyridine rings is 1. The number of aromatic nitrogens is 1. The first-order chi connectivity index (χ1) is 10.7. The number of nitrogens with one attached hydrogen (secondary N) is 3. The van der Waals surface area contributed by atoms with Crippen molar-refractivity contribution in [3.63, 3.8) is 0 Å². The highest BCUT2D eigenvalue weighted by Crippen LogP contribution is 2.27. The summed E-state index contributed by atoms with van der Waals surface area (Å²) in [4.78, 5) is 28.4. The lowest BCUT2D eigenvalue weighted by atomic mass is 10.0. The molecule has 2 aromatic rings. The maximum Gasteiger partial charge on any atom is 0.257 e. The smallest absolute Gasteiger partial charge is 0.257 e. The third kappa shape index (κ3) is 2.14. The quantitative estimate of drug-likeness (QED) is 0.782. The first-order valence-electron chi connectivity index (χ1n) is 7.13. The van der Waals surface area contributed by atoms with Crippen LogP contribution >= 0.6 is 0 Å². The Morgan fingerprint density at radius 3 is 3.00 bits per heavy atom. The highest BCUT2D eigenvalue weighted by atomic mass is 16.2. The zero-order valence-corrected chi connectivity index (χ0v) is 11.8. The first-order valence-corrected chi connectivity index (χ1v) is 7.13. The fraction of sp³-hybridized carbons (Fsp3) is 0.188. The van der Waals surface area contributed by atoms with E-state index in [4.69, 9.17) is 0 Å². The molecule has 0 spiro atoms. The Morgan fingerprint density at radius 1 is 1.18 bits per heavy atom. The van der Waals surface area contributed by atoms with Crippen molar-refractivity contribution in [2.45, 2.75) is 19.5 Å². The number of hydrogen-bond acceptors (Lipinski definition) is 4. The van der Waals surface area contributed by atoms with Gasteiger partial charge in [-0.3, -0.25) is 9.59 Å². The molecule has 22 heavy (non-hydrogen) atoms. The van der Waals surface area contributed by atoms with E-state index >= 15 is 0 Å². The van der Waals surface area contributed by atoms with Gasteiger partial charge in [0, 0.05) is 24.3 Å². The Bertz CT molecular complexity index is 801. The van der Waals surface area contributed by atoms with E-state index in [0.717, 1.165) is 29.9 Å². The van der Waals surface area contributed by atoms with E-state index in [-0.39, 0.29) is 18.2 Å². The average molecular weight is 294 g/mol. The number of hydrogen-bond donors (Lipinski definition) is 3. The minimum Gasteiger partial charge on any atom is -0.326 e. The SMILES string of the molecule is O=C1Cc2c(cccc2C(=O)Nc2ccc3c(n2)CNC3)N1. The first kappa shape index (κ1) is 13.0. The second-order valence-electron chi connectivity index (χ2n) is 5.42. The van der Waals surface area contributed by atoms with Crippen LogP contribution in [-0.4, -0.2) is 16.8 Å². The molecule has 0 aliphatic carbocycles. The lowest BCUT2D eigenvalue weighted by Gasteiger charge is -2.09. The monoisotopic (exact) mass is 294 g/mol. The number of nitrogens with zero attached hydrogens (tertiary/aromatic N) is 1. The van der Waals surface area contributed by atoms with Crippen molar-refractivity contribution in [2.75, 3.05) is 10.6 Å². The van der Waals surface area contributed by atoms with Gasteiger partial charge in [-0.2, -0.15) is 0 Å². The lowest BCUT2D eigenvalue weighted by Crippen LogP contribution is -2.15. The minimum absolute atomic E-state index is 0.0861. The van der Waals surface area contributed by atoms with Crippen molar-refractivity contribution < 1.29 is 9.59 Å². The van der Waals surface area contributed by atoms with Crippen LogP contribution in [-0.2, 0) is 24.3 Å². The number of anilines is 2. The number of fused-ring (bicyclic) bond motifs is 2. The fourth-order valence-corrected chi connectivity index (χ4v) is 2.88. The molecule has 0 saturated carbocycles. The van der Waals surface area contributed by atoms with Crippen molar-refractivity contribution in [1.29, 1.82) is 0 Å². The normalized spacial score (nSPS) is 15.2. The second-order valence-corrected chi connectivity index (χ2v) is 5.42. The summed E-state index contributed by atoms with van der Waals surface area (Å²) in [6.07, 6.45) is 0.237. The van der Waals surface area contributed by atoms with Gasteiger partial charge in [-0.1, -0.05) is 12.1 Å². The minimum atomic E-state index is -0.244. The zero-order valence-electron chi connectivity index (χ0n) is 11.8. The van der Waals surface area contributed by atoms with E-state index in [9.17, 15) is 9.59 Å². The van der Waals surface area contributed by atoms with Crippen LogP contribution in [0.4, 0.5) is 11.5 Å². The summed E-state index contributed by atoms with van der Waals surface area (Å²) in [6.45, 7) is 1.54. The molecule has 110 valence electrons. The van der Waals surface area contributed by atoms with Gasteiger partial charge in [-0.15, -0.1) is 0 Å². The van der Waals surface area contributed by atoms with E-state index in [0.29, 0.717) is 17.1 Å². The van der Waals surface area contributed by atoms with Crippen LogP contribution in [0.15, 0.2) is 30.3 Å². The van der Waals surface area contributed by atoms with E-state index in [1.807, 2.05) is 6.07 Å². The second kappa shape index (κ2) is 4.92. The van der Waals surface area contributed by atoms with E-state index < -0.39 is 0 Å². The van der Waals surface area contributed by atoms with E-state index in [1.54, 1.807) is 24.3 Å². The van der Waals surface area contributed by atoms with Gasteiger partial charge in [0.1, 0.15) is 5.82 Å². The van der Waals surface area contributed by atoms with Crippen molar-refractivity contribution in [3.05, 3.63) is 52.7 Å². The number of benzene rings is 1. The standard InChI is InChI=1S/C16H14N4O2/c21-15-6-11-10(2-1-3-12(11)19-15)16(22)20-14-5-4-9-7-17-8-13(9)18-14/h1-5,17H,6-8H2,(H,19,21)(H,18,20,22).